The molecule has 122 valence electrons. The van der Waals surface area contributed by atoms with Crippen molar-refractivity contribution >= 4 is 5.82 Å². The van der Waals surface area contributed by atoms with Crippen LogP contribution in [0.15, 0.2) is 12.3 Å². The maximum atomic E-state index is 14.1. The fourth-order valence-electron chi connectivity index (χ4n) is 2.64. The number of imidazole rings is 1. The topological polar surface area (TPSA) is 65.6 Å². The lowest BCUT2D eigenvalue weighted by molar-refractivity contribution is 0.240. The van der Waals surface area contributed by atoms with Gasteiger partial charge in [-0.15, -0.1) is 0 Å². The molecule has 1 aliphatic heterocycles. The van der Waals surface area contributed by atoms with E-state index in [1.807, 2.05) is 6.92 Å². The van der Waals surface area contributed by atoms with E-state index in [0.29, 0.717) is 30.8 Å². The molecule has 3 heterocycles. The zero-order valence-electron chi connectivity index (χ0n) is 12.6. The molecule has 1 fully saturated rings. The number of anilines is 1. The first-order valence-corrected chi connectivity index (χ1v) is 7.35. The monoisotopic (exact) mass is 311 g/mol. The molecular weight excluding hydrogens is 288 g/mol. The number of halogens is 2. The van der Waals surface area contributed by atoms with Gasteiger partial charge < -0.3 is 15.6 Å². The van der Waals surface area contributed by atoms with Crippen molar-refractivity contribution in [2.75, 3.05) is 18.4 Å². The van der Waals surface area contributed by atoms with Crippen molar-refractivity contribution in [2.24, 2.45) is 0 Å². The maximum absolute atomic E-state index is 14.1. The highest BCUT2D eigenvalue weighted by molar-refractivity contribution is 5.61. The summed E-state index contributed by atoms with van der Waals surface area (Å²) in [6, 6.07) is 0.930. The summed E-state index contributed by atoms with van der Waals surface area (Å²) in [4.78, 5) is 11.5. The molecule has 1 aliphatic rings. The normalized spacial score (nSPS) is 21.8. The number of aryl methyl sites for hydroxylation is 2. The number of hydrogen-bond donors (Lipinski definition) is 3. The highest BCUT2D eigenvalue weighted by atomic mass is 19.1. The van der Waals surface area contributed by atoms with Gasteiger partial charge in [0, 0.05) is 9.40 Å². The van der Waals surface area contributed by atoms with Gasteiger partial charge in [0.25, 0.3) is 0 Å². The number of nitrogens with zero attached hydrogens (tertiary/aromatic N) is 2. The van der Waals surface area contributed by atoms with Gasteiger partial charge in [0.2, 0.25) is 0 Å². The first kappa shape index (κ1) is 14.9. The Morgan fingerprint density at radius 2 is 2.23 bits per heavy atom. The fourth-order valence-corrected chi connectivity index (χ4v) is 2.64. The van der Waals surface area contributed by atoms with Crippen molar-refractivity contribution in [1.82, 2.24) is 20.3 Å². The molecule has 3 N–H and O–H groups in total. The van der Waals surface area contributed by atoms with E-state index >= 15 is 0 Å². The minimum Gasteiger partial charge on any atom is -0.361 e. The van der Waals surface area contributed by atoms with E-state index in [9.17, 15) is 8.78 Å². The lowest BCUT2D eigenvalue weighted by atomic mass is 10.1. The highest BCUT2D eigenvalue weighted by Gasteiger charge is 2.26. The van der Waals surface area contributed by atoms with E-state index in [0.717, 1.165) is 11.5 Å². The predicted octanol–water partition coefficient (Wildman–Crippen LogP) is 2.83. The molecule has 2 atom stereocenters. The number of hydrogen-bond acceptors (Lipinski definition) is 4. The molecule has 7 heteroatoms. The number of aromatic amines is 1. The van der Waals surface area contributed by atoms with Crippen molar-refractivity contribution in [3.63, 3.8) is 0 Å². The Bertz CT molecular complexity index is 680. The highest BCUT2D eigenvalue weighted by Crippen LogP contribution is 2.25. The summed E-state index contributed by atoms with van der Waals surface area (Å²) in [6.45, 7) is 4.71. The van der Waals surface area contributed by atoms with E-state index in [4.69, 9.17) is 0 Å². The molecule has 0 saturated carbocycles. The Kier molecular flexibility index (Phi) is 4.06. The SMILES string of the molecule is Cc1ncc(-c2nc(NC3CNCCC3F)c(F)cc2C)[nH]1.[HH].[HH]. The summed E-state index contributed by atoms with van der Waals surface area (Å²) in [5, 5.41) is 5.98. The smallest absolute Gasteiger partial charge is 0.165 e. The molecule has 2 aromatic rings. The van der Waals surface area contributed by atoms with Crippen LogP contribution < -0.4 is 10.6 Å². The zero-order chi connectivity index (χ0) is 15.7. The third-order valence-corrected chi connectivity index (χ3v) is 3.84. The third kappa shape index (κ3) is 2.94. The standard InChI is InChI=1S/C15H19F2N5.2H2/c1-8-5-11(17)15(21-12-6-18-4-3-10(12)16)22-14(8)13-7-19-9(2)20-13;;/h5,7,10,12,18H,3-4,6H2,1-2H3,(H,19,20)(H,21,22);2*1H. The molecule has 2 aromatic heterocycles. The third-order valence-electron chi connectivity index (χ3n) is 3.84. The second kappa shape index (κ2) is 6.00. The van der Waals surface area contributed by atoms with E-state index in [1.165, 1.54) is 6.07 Å². The van der Waals surface area contributed by atoms with E-state index < -0.39 is 18.0 Å². The van der Waals surface area contributed by atoms with Crippen LogP contribution in [0.5, 0.6) is 0 Å². The fraction of sp³-hybridized carbons (Fsp3) is 0.467. The van der Waals surface area contributed by atoms with Gasteiger partial charge in [-0.3, -0.25) is 0 Å². The summed E-state index contributed by atoms with van der Waals surface area (Å²) in [5.41, 5.74) is 2.03. The molecule has 0 aromatic carbocycles. The summed E-state index contributed by atoms with van der Waals surface area (Å²) in [6.07, 6.45) is 1.06. The van der Waals surface area contributed by atoms with Crippen LogP contribution in [0.3, 0.4) is 0 Å². The number of aromatic nitrogens is 3. The summed E-state index contributed by atoms with van der Waals surface area (Å²) in [7, 11) is 0. The van der Waals surface area contributed by atoms with Crippen LogP contribution in [0.1, 0.15) is 20.7 Å². The molecular formula is C15H23F2N5. The number of alkyl halides is 1. The molecule has 0 amide bonds. The van der Waals surface area contributed by atoms with Crippen LogP contribution in [-0.2, 0) is 0 Å². The molecule has 1 saturated heterocycles. The summed E-state index contributed by atoms with van der Waals surface area (Å²) < 4.78 is 28.0. The Labute approximate surface area is 130 Å². The lowest BCUT2D eigenvalue weighted by Gasteiger charge is -2.28. The van der Waals surface area contributed by atoms with Crippen LogP contribution in [0, 0.1) is 19.7 Å². The van der Waals surface area contributed by atoms with Gasteiger partial charge in [-0.05, 0) is 38.4 Å². The van der Waals surface area contributed by atoms with Crippen LogP contribution >= 0.6 is 0 Å². The van der Waals surface area contributed by atoms with E-state index in [2.05, 4.69) is 25.6 Å². The molecule has 0 radical (unpaired) electrons. The van der Waals surface area contributed by atoms with Gasteiger partial charge in [0.1, 0.15) is 12.0 Å². The molecule has 2 unspecified atom stereocenters. The summed E-state index contributed by atoms with van der Waals surface area (Å²) >= 11 is 0. The first-order chi connectivity index (χ1) is 10.5. The van der Waals surface area contributed by atoms with Gasteiger partial charge >= 0.3 is 0 Å². The Balaban J connectivity index is 0.00000144. The van der Waals surface area contributed by atoms with Gasteiger partial charge in [-0.2, -0.15) is 0 Å². The van der Waals surface area contributed by atoms with Crippen LogP contribution in [0.2, 0.25) is 0 Å². The largest absolute Gasteiger partial charge is 0.361 e. The minimum absolute atomic E-state index is 0. The van der Waals surface area contributed by atoms with Crippen LogP contribution in [0.25, 0.3) is 11.4 Å². The Morgan fingerprint density at radius 1 is 1.41 bits per heavy atom. The molecule has 22 heavy (non-hydrogen) atoms. The second-order valence-corrected chi connectivity index (χ2v) is 5.63. The number of nitrogens with one attached hydrogen (secondary N) is 3. The Hall–Kier alpha value is -2.02. The summed E-state index contributed by atoms with van der Waals surface area (Å²) in [5.74, 6) is 0.356. The van der Waals surface area contributed by atoms with Crippen molar-refractivity contribution in [3.05, 3.63) is 29.5 Å². The van der Waals surface area contributed by atoms with Gasteiger partial charge in [0.05, 0.1) is 23.6 Å². The zero-order valence-corrected chi connectivity index (χ0v) is 12.6. The molecule has 3 rings (SSSR count). The number of pyridine rings is 1. The van der Waals surface area contributed by atoms with Crippen LogP contribution in [0.4, 0.5) is 14.6 Å². The van der Waals surface area contributed by atoms with E-state index in [1.54, 1.807) is 13.1 Å². The van der Waals surface area contributed by atoms with Gasteiger partial charge in [-0.1, -0.05) is 0 Å². The average molecular weight is 311 g/mol. The van der Waals surface area contributed by atoms with Crippen molar-refractivity contribution < 1.29 is 11.6 Å². The maximum Gasteiger partial charge on any atom is 0.165 e. The molecule has 0 bridgehead atoms. The lowest BCUT2D eigenvalue weighted by Crippen LogP contribution is -2.46. The quantitative estimate of drug-likeness (QED) is 0.815. The van der Waals surface area contributed by atoms with Crippen LogP contribution in [-0.4, -0.2) is 40.3 Å². The average Bonchev–Trinajstić information content (AvgIpc) is 2.90. The second-order valence-electron chi connectivity index (χ2n) is 5.63. The predicted molar refractivity (Wildman–Crippen MR) is 85.3 cm³/mol. The van der Waals surface area contributed by atoms with Crippen molar-refractivity contribution in [3.8, 4) is 11.4 Å². The molecule has 5 nitrogen and oxygen atoms in total. The van der Waals surface area contributed by atoms with Gasteiger partial charge in [0.15, 0.2) is 11.6 Å². The number of piperidine rings is 1. The molecule has 0 aliphatic carbocycles. The van der Waals surface area contributed by atoms with Crippen molar-refractivity contribution in [1.29, 1.82) is 0 Å². The number of rotatable bonds is 3. The minimum atomic E-state index is -1.01. The van der Waals surface area contributed by atoms with Crippen molar-refractivity contribution in [2.45, 2.75) is 32.5 Å². The van der Waals surface area contributed by atoms with Gasteiger partial charge in [-0.25, -0.2) is 18.7 Å². The molecule has 0 spiro atoms. The first-order valence-electron chi connectivity index (χ1n) is 7.35. The van der Waals surface area contributed by atoms with E-state index in [-0.39, 0.29) is 8.67 Å². The Morgan fingerprint density at radius 3 is 2.91 bits per heavy atom. The number of H-pyrrole nitrogens is 1.